The average molecular weight is 326 g/mol. The Kier molecular flexibility index (Phi) is 5.94. The van der Waals surface area contributed by atoms with Gasteiger partial charge in [-0.25, -0.2) is 0 Å². The lowest BCUT2D eigenvalue weighted by Crippen LogP contribution is -2.41. The standard InChI is InChI=1S/C15H18O8/c1-9(16)21-15(22-10(2)17,23-11(3)18)14-12(19-4)7-6-8-13(14)20-5/h6-8H,1-5H3. The van der Waals surface area contributed by atoms with E-state index >= 15 is 0 Å². The van der Waals surface area contributed by atoms with Crippen LogP contribution in [0.3, 0.4) is 0 Å². The zero-order valence-electron chi connectivity index (χ0n) is 13.5. The van der Waals surface area contributed by atoms with Crippen molar-refractivity contribution in [1.29, 1.82) is 0 Å². The molecule has 1 aromatic rings. The highest BCUT2D eigenvalue weighted by molar-refractivity contribution is 5.72. The molecule has 0 atom stereocenters. The first-order valence-corrected chi connectivity index (χ1v) is 6.56. The maximum absolute atomic E-state index is 11.5. The summed E-state index contributed by atoms with van der Waals surface area (Å²) in [7, 11) is 2.69. The Labute approximate surface area is 133 Å². The zero-order valence-corrected chi connectivity index (χ0v) is 13.5. The first-order chi connectivity index (χ1) is 10.8. The van der Waals surface area contributed by atoms with Crippen LogP contribution in [0, 0.1) is 0 Å². The summed E-state index contributed by atoms with van der Waals surface area (Å²) in [4.78, 5) is 34.5. The van der Waals surface area contributed by atoms with Crippen LogP contribution < -0.4 is 9.47 Å². The molecule has 0 aromatic heterocycles. The molecule has 0 bridgehead atoms. The van der Waals surface area contributed by atoms with Crippen molar-refractivity contribution in [1.82, 2.24) is 0 Å². The molecule has 0 spiro atoms. The number of hydrogen-bond donors (Lipinski definition) is 0. The fourth-order valence-electron chi connectivity index (χ4n) is 1.94. The van der Waals surface area contributed by atoms with E-state index in [1.165, 1.54) is 26.4 Å². The molecule has 0 fully saturated rings. The molecule has 8 nitrogen and oxygen atoms in total. The van der Waals surface area contributed by atoms with E-state index in [4.69, 9.17) is 23.7 Å². The van der Waals surface area contributed by atoms with Gasteiger partial charge in [0.1, 0.15) is 11.5 Å². The lowest BCUT2D eigenvalue weighted by Gasteiger charge is -2.32. The minimum atomic E-state index is -2.46. The molecule has 8 heteroatoms. The van der Waals surface area contributed by atoms with Crippen LogP contribution in [-0.2, 0) is 34.6 Å². The molecule has 0 radical (unpaired) electrons. The van der Waals surface area contributed by atoms with Crippen molar-refractivity contribution in [3.8, 4) is 11.5 Å². The van der Waals surface area contributed by atoms with E-state index < -0.39 is 23.9 Å². The molecular weight excluding hydrogens is 308 g/mol. The van der Waals surface area contributed by atoms with Crippen molar-refractivity contribution in [2.75, 3.05) is 14.2 Å². The molecule has 0 aliphatic heterocycles. The molecular formula is C15H18O8. The average Bonchev–Trinajstić information content (AvgIpc) is 2.43. The predicted octanol–water partition coefficient (Wildman–Crippen LogP) is 1.50. The SMILES string of the molecule is COc1cccc(OC)c1C(OC(C)=O)(OC(C)=O)OC(C)=O. The second-order valence-corrected chi connectivity index (χ2v) is 4.37. The van der Waals surface area contributed by atoms with Gasteiger partial charge in [-0.1, -0.05) is 6.07 Å². The topological polar surface area (TPSA) is 97.4 Å². The highest BCUT2D eigenvalue weighted by Gasteiger charge is 2.49. The minimum Gasteiger partial charge on any atom is -0.496 e. The highest BCUT2D eigenvalue weighted by Crippen LogP contribution is 2.42. The molecule has 1 rings (SSSR count). The first-order valence-electron chi connectivity index (χ1n) is 6.56. The maximum Gasteiger partial charge on any atom is 0.461 e. The Balaban J connectivity index is 3.69. The van der Waals surface area contributed by atoms with E-state index in [1.54, 1.807) is 6.07 Å². The van der Waals surface area contributed by atoms with E-state index in [-0.39, 0.29) is 17.1 Å². The van der Waals surface area contributed by atoms with Gasteiger partial charge in [-0.3, -0.25) is 14.4 Å². The van der Waals surface area contributed by atoms with Crippen LogP contribution in [-0.4, -0.2) is 32.1 Å². The lowest BCUT2D eigenvalue weighted by atomic mass is 10.1. The van der Waals surface area contributed by atoms with Crippen molar-refractivity contribution in [3.05, 3.63) is 23.8 Å². The number of carbonyl (C=O) groups excluding carboxylic acids is 3. The fourth-order valence-corrected chi connectivity index (χ4v) is 1.94. The number of esters is 3. The van der Waals surface area contributed by atoms with E-state index in [0.29, 0.717) is 0 Å². The molecule has 0 saturated heterocycles. The van der Waals surface area contributed by atoms with Crippen molar-refractivity contribution in [2.45, 2.75) is 26.7 Å². The summed E-state index contributed by atoms with van der Waals surface area (Å²) in [6, 6.07) is 4.60. The second-order valence-electron chi connectivity index (χ2n) is 4.37. The summed E-state index contributed by atoms with van der Waals surface area (Å²) >= 11 is 0. The summed E-state index contributed by atoms with van der Waals surface area (Å²) in [5.41, 5.74) is -0.0643. The van der Waals surface area contributed by atoms with Gasteiger partial charge < -0.3 is 23.7 Å². The van der Waals surface area contributed by atoms with Crippen LogP contribution in [0.25, 0.3) is 0 Å². The van der Waals surface area contributed by atoms with Crippen LogP contribution in [0.1, 0.15) is 26.3 Å². The van der Waals surface area contributed by atoms with Crippen molar-refractivity contribution < 1.29 is 38.1 Å². The van der Waals surface area contributed by atoms with Gasteiger partial charge in [0.2, 0.25) is 0 Å². The fraction of sp³-hybridized carbons (Fsp3) is 0.400. The molecule has 0 aliphatic carbocycles. The maximum atomic E-state index is 11.5. The molecule has 0 aliphatic rings. The molecule has 23 heavy (non-hydrogen) atoms. The Morgan fingerprint density at radius 1 is 0.783 bits per heavy atom. The number of rotatable bonds is 6. The summed E-state index contributed by atoms with van der Waals surface area (Å²) in [6.07, 6.45) is 0. The van der Waals surface area contributed by atoms with Crippen LogP contribution in [0.4, 0.5) is 0 Å². The highest BCUT2D eigenvalue weighted by atomic mass is 16.9. The Morgan fingerprint density at radius 3 is 1.39 bits per heavy atom. The molecule has 0 saturated carbocycles. The number of ether oxygens (including phenoxy) is 5. The van der Waals surface area contributed by atoms with Crippen molar-refractivity contribution in [2.24, 2.45) is 0 Å². The van der Waals surface area contributed by atoms with Gasteiger partial charge in [-0.2, -0.15) is 0 Å². The van der Waals surface area contributed by atoms with Crippen LogP contribution in [0.2, 0.25) is 0 Å². The number of hydrogen-bond acceptors (Lipinski definition) is 8. The van der Waals surface area contributed by atoms with Crippen LogP contribution >= 0.6 is 0 Å². The van der Waals surface area contributed by atoms with Gasteiger partial charge >= 0.3 is 23.9 Å². The normalized spacial score (nSPS) is 10.5. The van der Waals surface area contributed by atoms with E-state index in [0.717, 1.165) is 20.8 Å². The Hall–Kier alpha value is -2.77. The van der Waals surface area contributed by atoms with Gasteiger partial charge in [0, 0.05) is 20.8 Å². The van der Waals surface area contributed by atoms with Gasteiger partial charge in [-0.05, 0) is 12.1 Å². The van der Waals surface area contributed by atoms with E-state index in [9.17, 15) is 14.4 Å². The molecule has 0 heterocycles. The van der Waals surface area contributed by atoms with Crippen molar-refractivity contribution in [3.63, 3.8) is 0 Å². The van der Waals surface area contributed by atoms with E-state index in [1.807, 2.05) is 0 Å². The number of methoxy groups -OCH3 is 2. The third-order valence-corrected chi connectivity index (χ3v) is 2.57. The molecule has 126 valence electrons. The largest absolute Gasteiger partial charge is 0.496 e. The summed E-state index contributed by atoms with van der Waals surface area (Å²) < 4.78 is 25.5. The number of benzene rings is 1. The van der Waals surface area contributed by atoms with Crippen LogP contribution in [0.15, 0.2) is 18.2 Å². The number of carbonyl (C=O) groups is 3. The Bertz CT molecular complexity index is 544. The third-order valence-electron chi connectivity index (χ3n) is 2.57. The molecule has 0 N–H and O–H groups in total. The lowest BCUT2D eigenvalue weighted by molar-refractivity contribution is -0.338. The Morgan fingerprint density at radius 2 is 1.13 bits per heavy atom. The van der Waals surface area contributed by atoms with Gasteiger partial charge in [0.15, 0.2) is 5.56 Å². The molecule has 1 aromatic carbocycles. The first kappa shape index (κ1) is 18.3. The summed E-state index contributed by atoms with van der Waals surface area (Å²) in [5, 5.41) is 0. The third kappa shape index (κ3) is 4.35. The summed E-state index contributed by atoms with van der Waals surface area (Å²) in [6.45, 7) is 3.22. The molecule has 0 amide bonds. The van der Waals surface area contributed by atoms with Gasteiger partial charge in [-0.15, -0.1) is 0 Å². The molecule has 0 unspecified atom stereocenters. The zero-order chi connectivity index (χ0) is 17.6. The van der Waals surface area contributed by atoms with Gasteiger partial charge in [0.25, 0.3) is 0 Å². The second kappa shape index (κ2) is 7.48. The predicted molar refractivity (Wildman–Crippen MR) is 76.5 cm³/mol. The van der Waals surface area contributed by atoms with E-state index in [2.05, 4.69) is 0 Å². The summed E-state index contributed by atoms with van der Waals surface area (Å²) in [5.74, 6) is -4.73. The van der Waals surface area contributed by atoms with Crippen LogP contribution in [0.5, 0.6) is 11.5 Å². The quantitative estimate of drug-likeness (QED) is 0.573. The van der Waals surface area contributed by atoms with Crippen molar-refractivity contribution >= 4 is 17.9 Å². The minimum absolute atomic E-state index is 0.0643. The smallest absolute Gasteiger partial charge is 0.461 e. The monoisotopic (exact) mass is 326 g/mol. The van der Waals surface area contributed by atoms with Gasteiger partial charge in [0.05, 0.1) is 14.2 Å².